The van der Waals surface area contributed by atoms with Gasteiger partial charge in [0.2, 0.25) is 5.91 Å². The number of hydrogen-bond donors (Lipinski definition) is 2. The minimum atomic E-state index is -0.428. The molecule has 29 heavy (non-hydrogen) atoms. The maximum atomic E-state index is 12.1. The average Bonchev–Trinajstić information content (AvgIpc) is 2.76. The summed E-state index contributed by atoms with van der Waals surface area (Å²) < 4.78 is 5.64. The Morgan fingerprint density at radius 2 is 1.52 bits per heavy atom. The van der Waals surface area contributed by atoms with Gasteiger partial charge in [0.05, 0.1) is 6.61 Å². The van der Waals surface area contributed by atoms with Gasteiger partial charge >= 0.3 is 0 Å². The van der Waals surface area contributed by atoms with Crippen molar-refractivity contribution in [3.05, 3.63) is 65.7 Å². The molecule has 2 aromatic rings. The summed E-state index contributed by atoms with van der Waals surface area (Å²) in [6, 6.07) is 15.5. The molecule has 0 aliphatic heterocycles. The van der Waals surface area contributed by atoms with Gasteiger partial charge in [0.25, 0.3) is 5.91 Å². The van der Waals surface area contributed by atoms with Crippen molar-refractivity contribution in [3.8, 4) is 5.75 Å². The SMILES string of the molecule is CCCCCCOc1ccc(C(=O)NNC(=O)CCC(=O)c2ccccc2)cc1. The van der Waals surface area contributed by atoms with Gasteiger partial charge in [-0.1, -0.05) is 56.5 Å². The molecule has 2 N–H and O–H groups in total. The van der Waals surface area contributed by atoms with E-state index in [4.69, 9.17) is 4.74 Å². The van der Waals surface area contributed by atoms with Crippen molar-refractivity contribution in [1.82, 2.24) is 10.9 Å². The van der Waals surface area contributed by atoms with Crippen molar-refractivity contribution in [1.29, 1.82) is 0 Å². The summed E-state index contributed by atoms with van der Waals surface area (Å²) in [6.07, 6.45) is 4.62. The maximum absolute atomic E-state index is 12.1. The Labute approximate surface area is 171 Å². The summed E-state index contributed by atoms with van der Waals surface area (Å²) in [6.45, 7) is 2.82. The molecule has 0 spiro atoms. The van der Waals surface area contributed by atoms with Crippen LogP contribution in [0.5, 0.6) is 5.75 Å². The fourth-order valence-electron chi connectivity index (χ4n) is 2.68. The van der Waals surface area contributed by atoms with Crippen LogP contribution in [-0.2, 0) is 4.79 Å². The van der Waals surface area contributed by atoms with E-state index in [1.807, 2.05) is 6.07 Å². The van der Waals surface area contributed by atoms with E-state index < -0.39 is 11.8 Å². The van der Waals surface area contributed by atoms with Crippen LogP contribution in [0, 0.1) is 0 Å². The van der Waals surface area contributed by atoms with Crippen LogP contribution in [0.3, 0.4) is 0 Å². The summed E-state index contributed by atoms with van der Waals surface area (Å²) in [4.78, 5) is 36.0. The molecule has 0 atom stereocenters. The highest BCUT2D eigenvalue weighted by Crippen LogP contribution is 2.13. The van der Waals surface area contributed by atoms with Crippen molar-refractivity contribution in [2.75, 3.05) is 6.61 Å². The Morgan fingerprint density at radius 3 is 2.21 bits per heavy atom. The monoisotopic (exact) mass is 396 g/mol. The number of benzene rings is 2. The number of ketones is 1. The highest BCUT2D eigenvalue weighted by atomic mass is 16.5. The quantitative estimate of drug-likeness (QED) is 0.341. The third-order valence-corrected chi connectivity index (χ3v) is 4.37. The zero-order valence-corrected chi connectivity index (χ0v) is 16.8. The highest BCUT2D eigenvalue weighted by molar-refractivity contribution is 5.98. The van der Waals surface area contributed by atoms with Gasteiger partial charge in [0.15, 0.2) is 5.78 Å². The smallest absolute Gasteiger partial charge is 0.269 e. The largest absolute Gasteiger partial charge is 0.494 e. The van der Waals surface area contributed by atoms with Gasteiger partial charge in [-0.25, -0.2) is 0 Å². The highest BCUT2D eigenvalue weighted by Gasteiger charge is 2.11. The third kappa shape index (κ3) is 8.17. The molecule has 0 bridgehead atoms. The predicted octanol–water partition coefficient (Wildman–Crippen LogP) is 4.07. The number of amides is 2. The standard InChI is InChI=1S/C23H28N2O4/c1-2-3-4-8-17-29-20-13-11-19(12-14-20)23(28)25-24-22(27)16-15-21(26)18-9-6-5-7-10-18/h5-7,9-14H,2-4,8,15-17H2,1H3,(H,24,27)(H,25,28). The van der Waals surface area contributed by atoms with Gasteiger partial charge in [-0.15, -0.1) is 0 Å². The minimum Gasteiger partial charge on any atom is -0.494 e. The van der Waals surface area contributed by atoms with E-state index in [2.05, 4.69) is 17.8 Å². The Morgan fingerprint density at radius 1 is 0.793 bits per heavy atom. The van der Waals surface area contributed by atoms with E-state index in [-0.39, 0.29) is 18.6 Å². The Bertz CT molecular complexity index is 788. The van der Waals surface area contributed by atoms with E-state index in [1.165, 1.54) is 12.8 Å². The molecule has 0 aliphatic carbocycles. The number of hydrazine groups is 1. The molecule has 0 saturated heterocycles. The van der Waals surface area contributed by atoms with Crippen molar-refractivity contribution < 1.29 is 19.1 Å². The fourth-order valence-corrected chi connectivity index (χ4v) is 2.68. The lowest BCUT2D eigenvalue weighted by molar-refractivity contribution is -0.121. The maximum Gasteiger partial charge on any atom is 0.269 e. The van der Waals surface area contributed by atoms with E-state index >= 15 is 0 Å². The zero-order valence-electron chi connectivity index (χ0n) is 16.8. The van der Waals surface area contributed by atoms with Crippen LogP contribution in [-0.4, -0.2) is 24.2 Å². The van der Waals surface area contributed by atoms with Crippen LogP contribution in [0.15, 0.2) is 54.6 Å². The Kier molecular flexibility index (Phi) is 9.42. The first-order chi connectivity index (χ1) is 14.1. The first-order valence-electron chi connectivity index (χ1n) is 10.0. The molecule has 0 aromatic heterocycles. The van der Waals surface area contributed by atoms with Gasteiger partial charge in [0.1, 0.15) is 5.75 Å². The molecule has 0 fully saturated rings. The summed E-state index contributed by atoms with van der Waals surface area (Å²) >= 11 is 0. The minimum absolute atomic E-state index is 0.00117. The van der Waals surface area contributed by atoms with Crippen LogP contribution in [0.2, 0.25) is 0 Å². The summed E-state index contributed by atoms with van der Waals surface area (Å²) in [7, 11) is 0. The number of unbranched alkanes of at least 4 members (excludes halogenated alkanes) is 3. The molecule has 0 aliphatic rings. The van der Waals surface area contributed by atoms with Gasteiger partial charge in [0, 0.05) is 24.0 Å². The molecule has 2 aromatic carbocycles. The van der Waals surface area contributed by atoms with Crippen LogP contribution in [0.25, 0.3) is 0 Å². The number of Topliss-reactive ketones (excluding diaryl/α,β-unsaturated/α-hetero) is 1. The molecule has 2 amide bonds. The average molecular weight is 396 g/mol. The topological polar surface area (TPSA) is 84.5 Å². The molecule has 6 nitrogen and oxygen atoms in total. The number of ether oxygens (including phenoxy) is 1. The molecule has 0 heterocycles. The molecule has 2 rings (SSSR count). The van der Waals surface area contributed by atoms with Gasteiger partial charge < -0.3 is 4.74 Å². The van der Waals surface area contributed by atoms with Crippen LogP contribution in [0.4, 0.5) is 0 Å². The van der Waals surface area contributed by atoms with Gasteiger partial charge in [-0.3, -0.25) is 25.2 Å². The van der Waals surface area contributed by atoms with Crippen LogP contribution >= 0.6 is 0 Å². The second kappa shape index (κ2) is 12.3. The fraction of sp³-hybridized carbons (Fsp3) is 0.348. The number of rotatable bonds is 11. The second-order valence-corrected chi connectivity index (χ2v) is 6.73. The first kappa shape index (κ1) is 22.1. The second-order valence-electron chi connectivity index (χ2n) is 6.73. The molecule has 0 radical (unpaired) electrons. The van der Waals surface area contributed by atoms with E-state index in [9.17, 15) is 14.4 Å². The van der Waals surface area contributed by atoms with Crippen molar-refractivity contribution in [3.63, 3.8) is 0 Å². The molecular formula is C23H28N2O4. The summed E-state index contributed by atoms with van der Waals surface area (Å²) in [5.74, 6) is -0.254. The Balaban J connectivity index is 1.68. The van der Waals surface area contributed by atoms with Gasteiger partial charge in [-0.05, 0) is 30.7 Å². The van der Waals surface area contributed by atoms with E-state index in [0.717, 1.165) is 12.8 Å². The number of carbonyl (C=O) groups is 3. The molecule has 0 saturated carbocycles. The van der Waals surface area contributed by atoms with Crippen LogP contribution in [0.1, 0.15) is 66.2 Å². The van der Waals surface area contributed by atoms with Crippen LogP contribution < -0.4 is 15.6 Å². The number of hydrogen-bond acceptors (Lipinski definition) is 4. The lowest BCUT2D eigenvalue weighted by Crippen LogP contribution is -2.41. The van der Waals surface area contributed by atoms with Crippen molar-refractivity contribution in [2.45, 2.75) is 45.4 Å². The summed E-state index contributed by atoms with van der Waals surface area (Å²) in [5, 5.41) is 0. The van der Waals surface area contributed by atoms with Gasteiger partial charge in [-0.2, -0.15) is 0 Å². The summed E-state index contributed by atoms with van der Waals surface area (Å²) in [5.41, 5.74) is 5.66. The lowest BCUT2D eigenvalue weighted by atomic mass is 10.1. The molecule has 154 valence electrons. The van der Waals surface area contributed by atoms with Crippen molar-refractivity contribution in [2.24, 2.45) is 0 Å². The molecule has 0 unspecified atom stereocenters. The number of nitrogens with one attached hydrogen (secondary N) is 2. The number of carbonyl (C=O) groups excluding carboxylic acids is 3. The van der Waals surface area contributed by atoms with E-state index in [1.54, 1.807) is 48.5 Å². The molecule has 6 heteroatoms. The van der Waals surface area contributed by atoms with E-state index in [0.29, 0.717) is 23.5 Å². The lowest BCUT2D eigenvalue weighted by Gasteiger charge is -2.09. The molecular weight excluding hydrogens is 368 g/mol. The zero-order chi connectivity index (χ0) is 20.9. The third-order valence-electron chi connectivity index (χ3n) is 4.37. The van der Waals surface area contributed by atoms with Crippen molar-refractivity contribution >= 4 is 17.6 Å². The normalized spacial score (nSPS) is 10.2. The Hall–Kier alpha value is -3.15. The first-order valence-corrected chi connectivity index (χ1v) is 10.0. The predicted molar refractivity (Wildman–Crippen MR) is 112 cm³/mol.